The Kier molecular flexibility index (Phi) is 5.17. The molecule has 0 aromatic heterocycles. The molecule has 1 unspecified atom stereocenters. The molecule has 0 spiro atoms. The summed E-state index contributed by atoms with van der Waals surface area (Å²) in [5.41, 5.74) is 2.63. The van der Waals surface area contributed by atoms with Gasteiger partial charge in [0.05, 0.1) is 6.07 Å². The van der Waals surface area contributed by atoms with Crippen LogP contribution in [-0.4, -0.2) is 30.6 Å². The summed E-state index contributed by atoms with van der Waals surface area (Å²) in [5.74, 6) is 0. The summed E-state index contributed by atoms with van der Waals surface area (Å²) in [6, 6.07) is 11.1. The van der Waals surface area contributed by atoms with Gasteiger partial charge in [0.2, 0.25) is 0 Å². The second-order valence-electron chi connectivity index (χ2n) is 5.95. The Morgan fingerprint density at radius 3 is 2.75 bits per heavy atom. The molecule has 0 aliphatic carbocycles. The lowest BCUT2D eigenvalue weighted by molar-refractivity contribution is 0.245. The standard InChI is InChI=1S/C17H25N3/c1-17(14-18,19-2)10-5-6-11-20-12-9-15-7-3-4-8-16(15)13-20/h3-4,7-8,19H,5-6,9-13H2,1-2H3. The molecule has 3 nitrogen and oxygen atoms in total. The third-order valence-corrected chi connectivity index (χ3v) is 4.41. The highest BCUT2D eigenvalue weighted by molar-refractivity contribution is 5.28. The Balaban J connectivity index is 1.73. The van der Waals surface area contributed by atoms with E-state index in [4.69, 9.17) is 5.26 Å². The fraction of sp³-hybridized carbons (Fsp3) is 0.588. The summed E-state index contributed by atoms with van der Waals surface area (Å²) < 4.78 is 0. The average molecular weight is 271 g/mol. The zero-order chi connectivity index (χ0) is 14.4. The van der Waals surface area contributed by atoms with Crippen molar-refractivity contribution in [3.8, 4) is 6.07 Å². The van der Waals surface area contributed by atoms with Crippen LogP contribution in [0.15, 0.2) is 24.3 Å². The van der Waals surface area contributed by atoms with E-state index in [0.717, 1.165) is 25.9 Å². The molecule has 0 amide bonds. The number of nitriles is 1. The van der Waals surface area contributed by atoms with E-state index < -0.39 is 0 Å². The number of unbranched alkanes of at least 4 members (excludes halogenated alkanes) is 1. The van der Waals surface area contributed by atoms with Crippen molar-refractivity contribution in [3.63, 3.8) is 0 Å². The lowest BCUT2D eigenvalue weighted by Gasteiger charge is -2.29. The summed E-state index contributed by atoms with van der Waals surface area (Å²) in [7, 11) is 1.87. The van der Waals surface area contributed by atoms with Gasteiger partial charge >= 0.3 is 0 Å². The predicted octanol–water partition coefficient (Wildman–Crippen LogP) is 2.72. The molecule has 0 saturated carbocycles. The van der Waals surface area contributed by atoms with Gasteiger partial charge in [-0.25, -0.2) is 0 Å². The number of nitrogens with one attached hydrogen (secondary N) is 1. The van der Waals surface area contributed by atoms with E-state index in [1.807, 2.05) is 14.0 Å². The molecule has 20 heavy (non-hydrogen) atoms. The molecule has 1 aliphatic rings. The van der Waals surface area contributed by atoms with Crippen LogP contribution in [0.1, 0.15) is 37.3 Å². The fourth-order valence-electron chi connectivity index (χ4n) is 2.80. The number of rotatable bonds is 6. The minimum absolute atomic E-state index is 0.367. The van der Waals surface area contributed by atoms with E-state index >= 15 is 0 Å². The Morgan fingerprint density at radius 2 is 2.05 bits per heavy atom. The van der Waals surface area contributed by atoms with Gasteiger partial charge in [0.25, 0.3) is 0 Å². The zero-order valence-electron chi connectivity index (χ0n) is 12.7. The van der Waals surface area contributed by atoms with Gasteiger partial charge in [-0.3, -0.25) is 4.90 Å². The molecule has 0 saturated heterocycles. The predicted molar refractivity (Wildman–Crippen MR) is 82.4 cm³/mol. The largest absolute Gasteiger partial charge is 0.303 e. The summed E-state index contributed by atoms with van der Waals surface area (Å²) >= 11 is 0. The number of hydrogen-bond donors (Lipinski definition) is 1. The second kappa shape index (κ2) is 6.88. The fourth-order valence-corrected chi connectivity index (χ4v) is 2.80. The van der Waals surface area contributed by atoms with Crippen molar-refractivity contribution in [1.82, 2.24) is 10.2 Å². The van der Waals surface area contributed by atoms with Crippen molar-refractivity contribution in [3.05, 3.63) is 35.4 Å². The first-order chi connectivity index (χ1) is 9.67. The molecule has 3 heteroatoms. The molecule has 1 heterocycles. The lowest BCUT2D eigenvalue weighted by Crippen LogP contribution is -2.38. The Morgan fingerprint density at radius 1 is 1.30 bits per heavy atom. The Hall–Kier alpha value is -1.37. The molecule has 2 rings (SSSR count). The van der Waals surface area contributed by atoms with Crippen molar-refractivity contribution in [2.45, 2.75) is 44.7 Å². The van der Waals surface area contributed by atoms with Crippen molar-refractivity contribution in [2.75, 3.05) is 20.1 Å². The summed E-state index contributed by atoms with van der Waals surface area (Å²) in [5, 5.41) is 12.2. The first-order valence-corrected chi connectivity index (χ1v) is 7.56. The number of benzene rings is 1. The van der Waals surface area contributed by atoms with E-state index in [2.05, 4.69) is 40.6 Å². The van der Waals surface area contributed by atoms with Crippen LogP contribution < -0.4 is 5.32 Å². The van der Waals surface area contributed by atoms with Crippen molar-refractivity contribution in [1.29, 1.82) is 5.26 Å². The van der Waals surface area contributed by atoms with Gasteiger partial charge in [-0.2, -0.15) is 5.26 Å². The molecular formula is C17H25N3. The second-order valence-corrected chi connectivity index (χ2v) is 5.95. The van der Waals surface area contributed by atoms with E-state index in [9.17, 15) is 0 Å². The van der Waals surface area contributed by atoms with Crippen molar-refractivity contribution >= 4 is 0 Å². The normalized spacial score (nSPS) is 18.1. The molecule has 1 aromatic carbocycles. The van der Waals surface area contributed by atoms with Crippen LogP contribution in [-0.2, 0) is 13.0 Å². The van der Waals surface area contributed by atoms with Crippen LogP contribution in [0.5, 0.6) is 0 Å². The number of nitrogens with zero attached hydrogens (tertiary/aromatic N) is 2. The Bertz CT molecular complexity index is 477. The molecule has 1 N–H and O–H groups in total. The molecule has 0 fully saturated rings. The SMILES string of the molecule is CNC(C)(C#N)CCCCN1CCc2ccccc2C1. The van der Waals surface area contributed by atoms with Gasteiger partial charge in [-0.05, 0) is 57.3 Å². The molecule has 1 aliphatic heterocycles. The minimum Gasteiger partial charge on any atom is -0.303 e. The summed E-state index contributed by atoms with van der Waals surface area (Å²) in [6.45, 7) is 5.36. The molecule has 0 bridgehead atoms. The van der Waals surface area contributed by atoms with Crippen LogP contribution >= 0.6 is 0 Å². The number of hydrogen-bond acceptors (Lipinski definition) is 3. The number of fused-ring (bicyclic) bond motifs is 1. The van der Waals surface area contributed by atoms with Crippen LogP contribution in [0.25, 0.3) is 0 Å². The molecule has 1 atom stereocenters. The van der Waals surface area contributed by atoms with Gasteiger partial charge in [-0.1, -0.05) is 24.3 Å². The van der Waals surface area contributed by atoms with Crippen molar-refractivity contribution < 1.29 is 0 Å². The highest BCUT2D eigenvalue weighted by Gasteiger charge is 2.20. The van der Waals surface area contributed by atoms with E-state index in [1.54, 1.807) is 0 Å². The first-order valence-electron chi connectivity index (χ1n) is 7.56. The minimum atomic E-state index is -0.367. The maximum Gasteiger partial charge on any atom is 0.103 e. The Labute approximate surface area is 122 Å². The maximum atomic E-state index is 9.12. The highest BCUT2D eigenvalue weighted by Crippen LogP contribution is 2.19. The molecule has 0 radical (unpaired) electrons. The topological polar surface area (TPSA) is 39.1 Å². The zero-order valence-corrected chi connectivity index (χ0v) is 12.7. The summed E-state index contributed by atoms with van der Waals surface area (Å²) in [4.78, 5) is 2.53. The van der Waals surface area contributed by atoms with E-state index in [1.165, 1.54) is 30.5 Å². The molecule has 108 valence electrons. The van der Waals surface area contributed by atoms with Crippen LogP contribution in [0.4, 0.5) is 0 Å². The third kappa shape index (κ3) is 3.82. The monoisotopic (exact) mass is 271 g/mol. The van der Waals surface area contributed by atoms with Gasteiger partial charge in [0.1, 0.15) is 5.54 Å². The van der Waals surface area contributed by atoms with E-state index in [-0.39, 0.29) is 5.54 Å². The van der Waals surface area contributed by atoms with Gasteiger partial charge < -0.3 is 5.32 Å². The average Bonchev–Trinajstić information content (AvgIpc) is 2.51. The first kappa shape index (κ1) is 15.0. The quantitative estimate of drug-likeness (QED) is 0.809. The third-order valence-electron chi connectivity index (χ3n) is 4.41. The maximum absolute atomic E-state index is 9.12. The van der Waals surface area contributed by atoms with Gasteiger partial charge in [-0.15, -0.1) is 0 Å². The smallest absolute Gasteiger partial charge is 0.103 e. The highest BCUT2D eigenvalue weighted by atomic mass is 15.1. The van der Waals surface area contributed by atoms with E-state index in [0.29, 0.717) is 0 Å². The van der Waals surface area contributed by atoms with Crippen LogP contribution in [0.3, 0.4) is 0 Å². The van der Waals surface area contributed by atoms with Gasteiger partial charge in [0.15, 0.2) is 0 Å². The molecular weight excluding hydrogens is 246 g/mol. The summed E-state index contributed by atoms with van der Waals surface area (Å²) in [6.07, 6.45) is 4.36. The van der Waals surface area contributed by atoms with Gasteiger partial charge in [0, 0.05) is 13.1 Å². The lowest BCUT2D eigenvalue weighted by atomic mass is 9.96. The van der Waals surface area contributed by atoms with Crippen molar-refractivity contribution in [2.24, 2.45) is 0 Å². The molecule has 1 aromatic rings. The van der Waals surface area contributed by atoms with Crippen LogP contribution in [0.2, 0.25) is 0 Å². The van der Waals surface area contributed by atoms with Crippen LogP contribution in [0, 0.1) is 11.3 Å².